The third kappa shape index (κ3) is 8.17. The summed E-state index contributed by atoms with van der Waals surface area (Å²) in [4.78, 5) is 19.8. The van der Waals surface area contributed by atoms with Crippen LogP contribution in [-0.4, -0.2) is 68.4 Å². The van der Waals surface area contributed by atoms with E-state index in [2.05, 4.69) is 15.3 Å². The van der Waals surface area contributed by atoms with Gasteiger partial charge in [0, 0.05) is 25.1 Å². The van der Waals surface area contributed by atoms with Gasteiger partial charge in [0.2, 0.25) is 0 Å². The van der Waals surface area contributed by atoms with Crippen LogP contribution in [0.4, 0.5) is 4.79 Å². The van der Waals surface area contributed by atoms with E-state index < -0.39 is 11.7 Å². The van der Waals surface area contributed by atoms with Crippen molar-refractivity contribution in [3.8, 4) is 11.5 Å². The molecule has 1 heterocycles. The molecule has 0 spiro atoms. The number of hydrogen-bond acceptors (Lipinski definition) is 8. The molecule has 1 amide bonds. The van der Waals surface area contributed by atoms with E-state index in [0.717, 1.165) is 0 Å². The summed E-state index contributed by atoms with van der Waals surface area (Å²) in [5.74, 6) is 1.03. The number of ether oxygens (including phenoxy) is 5. The number of carbonyl (C=O) groups is 1. The minimum absolute atomic E-state index is 0.282. The van der Waals surface area contributed by atoms with Gasteiger partial charge in [-0.05, 0) is 26.8 Å². The summed E-state index contributed by atoms with van der Waals surface area (Å²) in [6.45, 7) is 7.49. The second-order valence-electron chi connectivity index (χ2n) is 7.21. The third-order valence-electron chi connectivity index (χ3n) is 3.60. The maximum Gasteiger partial charge on any atom is 0.407 e. The lowest BCUT2D eigenvalue weighted by molar-refractivity contribution is 0.0488. The van der Waals surface area contributed by atoms with E-state index >= 15 is 0 Å². The van der Waals surface area contributed by atoms with Gasteiger partial charge in [-0.15, -0.1) is 0 Å². The van der Waals surface area contributed by atoms with Crippen LogP contribution in [0.15, 0.2) is 18.5 Å². The van der Waals surface area contributed by atoms with Crippen LogP contribution in [0, 0.1) is 0 Å². The first-order valence-electron chi connectivity index (χ1n) is 9.53. The highest BCUT2D eigenvalue weighted by molar-refractivity contribution is 6.34. The summed E-state index contributed by atoms with van der Waals surface area (Å²) in [6.07, 6.45) is 0.916. The van der Waals surface area contributed by atoms with Gasteiger partial charge in [0.25, 0.3) is 0 Å². The van der Waals surface area contributed by atoms with E-state index in [1.165, 1.54) is 6.33 Å². The maximum absolute atomic E-state index is 11.6. The van der Waals surface area contributed by atoms with Crippen LogP contribution in [0.1, 0.15) is 20.8 Å². The Hall–Kier alpha value is -2.36. The summed E-state index contributed by atoms with van der Waals surface area (Å²) < 4.78 is 27.2. The molecule has 0 aliphatic heterocycles. The molecule has 0 radical (unpaired) electrons. The molecule has 1 aromatic heterocycles. The third-order valence-corrected chi connectivity index (χ3v) is 3.90. The van der Waals surface area contributed by atoms with Crippen LogP contribution in [0.3, 0.4) is 0 Å². The summed E-state index contributed by atoms with van der Waals surface area (Å²) in [5, 5.41) is 3.62. The van der Waals surface area contributed by atoms with Crippen LogP contribution in [0.2, 0.25) is 5.15 Å². The number of aromatic nitrogens is 2. The molecule has 0 aliphatic carbocycles. The van der Waals surface area contributed by atoms with Crippen molar-refractivity contribution in [2.45, 2.75) is 26.4 Å². The molecule has 166 valence electrons. The summed E-state index contributed by atoms with van der Waals surface area (Å²) in [7, 11) is 1.60. The second kappa shape index (κ2) is 11.7. The normalized spacial score (nSPS) is 11.4. The zero-order valence-electron chi connectivity index (χ0n) is 17.7. The number of alkyl carbamates (subject to hydrolysis) is 1. The van der Waals surface area contributed by atoms with Crippen LogP contribution in [0.5, 0.6) is 11.5 Å². The number of nitrogens with one attached hydrogen (secondary N) is 1. The molecule has 0 unspecified atom stereocenters. The monoisotopic (exact) mass is 441 g/mol. The first-order valence-corrected chi connectivity index (χ1v) is 9.91. The number of methoxy groups -OCH3 is 1. The second-order valence-corrected chi connectivity index (χ2v) is 7.57. The Morgan fingerprint density at radius 2 is 1.73 bits per heavy atom. The smallest absolute Gasteiger partial charge is 0.407 e. The van der Waals surface area contributed by atoms with Crippen LogP contribution >= 0.6 is 11.6 Å². The van der Waals surface area contributed by atoms with Crippen molar-refractivity contribution in [2.24, 2.45) is 0 Å². The highest BCUT2D eigenvalue weighted by Crippen LogP contribution is 2.34. The van der Waals surface area contributed by atoms with E-state index in [-0.39, 0.29) is 6.61 Å². The molecule has 2 rings (SSSR count). The van der Waals surface area contributed by atoms with E-state index in [9.17, 15) is 4.79 Å². The fourth-order valence-electron chi connectivity index (χ4n) is 2.35. The number of amides is 1. The van der Waals surface area contributed by atoms with Gasteiger partial charge in [-0.3, -0.25) is 0 Å². The fourth-order valence-corrected chi connectivity index (χ4v) is 2.54. The fraction of sp³-hybridized carbons (Fsp3) is 0.550. The summed E-state index contributed by atoms with van der Waals surface area (Å²) >= 11 is 6.16. The average molecular weight is 442 g/mol. The van der Waals surface area contributed by atoms with Crippen molar-refractivity contribution in [1.82, 2.24) is 15.3 Å². The molecule has 0 saturated heterocycles. The molecule has 0 fully saturated rings. The zero-order valence-corrected chi connectivity index (χ0v) is 18.5. The lowest BCUT2D eigenvalue weighted by atomic mass is 10.2. The highest BCUT2D eigenvalue weighted by Gasteiger charge is 2.15. The Labute approximate surface area is 181 Å². The van der Waals surface area contributed by atoms with Gasteiger partial charge < -0.3 is 29.0 Å². The molecule has 1 aromatic carbocycles. The minimum atomic E-state index is -0.532. The van der Waals surface area contributed by atoms with Crippen molar-refractivity contribution in [3.05, 3.63) is 23.6 Å². The van der Waals surface area contributed by atoms with Gasteiger partial charge in [-0.25, -0.2) is 14.8 Å². The van der Waals surface area contributed by atoms with Gasteiger partial charge in [-0.2, -0.15) is 0 Å². The Morgan fingerprint density at radius 1 is 1.03 bits per heavy atom. The number of nitrogens with zero attached hydrogens (tertiary/aromatic N) is 2. The molecule has 30 heavy (non-hydrogen) atoms. The molecule has 10 heteroatoms. The van der Waals surface area contributed by atoms with Crippen molar-refractivity contribution in [1.29, 1.82) is 0 Å². The number of benzene rings is 1. The van der Waals surface area contributed by atoms with E-state index in [0.29, 0.717) is 60.5 Å². The summed E-state index contributed by atoms with van der Waals surface area (Å²) in [5.41, 5.74) is 0.120. The van der Waals surface area contributed by atoms with Gasteiger partial charge >= 0.3 is 6.09 Å². The predicted octanol–water partition coefficient (Wildman–Crippen LogP) is 3.23. The molecule has 1 N–H and O–H groups in total. The Kier molecular flexibility index (Phi) is 9.35. The van der Waals surface area contributed by atoms with Crippen LogP contribution < -0.4 is 14.8 Å². The summed E-state index contributed by atoms with van der Waals surface area (Å²) in [6, 6.07) is 3.49. The maximum atomic E-state index is 11.6. The van der Waals surface area contributed by atoms with Crippen LogP contribution in [-0.2, 0) is 14.2 Å². The predicted molar refractivity (Wildman–Crippen MR) is 112 cm³/mol. The topological polar surface area (TPSA) is 101 Å². The number of carbonyl (C=O) groups excluding carboxylic acids is 1. The number of hydrogen-bond donors (Lipinski definition) is 1. The van der Waals surface area contributed by atoms with Gasteiger partial charge in [-0.1, -0.05) is 11.6 Å². The molecular formula is C20H28ClN3O6. The molecular weight excluding hydrogens is 414 g/mol. The largest absolute Gasteiger partial charge is 0.487 e. The van der Waals surface area contributed by atoms with Crippen molar-refractivity contribution in [3.63, 3.8) is 0 Å². The van der Waals surface area contributed by atoms with Gasteiger partial charge in [0.1, 0.15) is 30.3 Å². The van der Waals surface area contributed by atoms with Crippen molar-refractivity contribution < 1.29 is 28.5 Å². The zero-order chi connectivity index (χ0) is 22.0. The molecule has 0 atom stereocenters. The number of halogens is 1. The first kappa shape index (κ1) is 23.9. The molecule has 0 bridgehead atoms. The molecule has 9 nitrogen and oxygen atoms in total. The molecule has 2 aromatic rings. The SMILES string of the molecule is COCCOc1cc2ncnc(Cl)c2cc1OCCOCCNC(=O)OC(C)(C)C. The van der Waals surface area contributed by atoms with Crippen LogP contribution in [0.25, 0.3) is 10.9 Å². The Morgan fingerprint density at radius 3 is 2.43 bits per heavy atom. The average Bonchev–Trinajstić information content (AvgIpc) is 2.66. The van der Waals surface area contributed by atoms with E-state index in [1.807, 2.05) is 0 Å². The first-order chi connectivity index (χ1) is 14.3. The van der Waals surface area contributed by atoms with Crippen molar-refractivity contribution in [2.75, 3.05) is 46.7 Å². The standard InChI is InChI=1S/C20H28ClN3O6/c1-20(2,3)30-19(25)22-5-6-27-8-10-29-16-11-14-15(23-13-24-18(14)21)12-17(16)28-9-7-26-4/h11-13H,5-10H2,1-4H3,(H,22,25). The van der Waals surface area contributed by atoms with Gasteiger partial charge in [0.15, 0.2) is 11.5 Å². The number of rotatable bonds is 11. The van der Waals surface area contributed by atoms with E-state index in [4.69, 9.17) is 35.3 Å². The van der Waals surface area contributed by atoms with Crippen molar-refractivity contribution >= 4 is 28.6 Å². The lowest BCUT2D eigenvalue weighted by Gasteiger charge is -2.19. The number of fused-ring (bicyclic) bond motifs is 1. The highest BCUT2D eigenvalue weighted by atomic mass is 35.5. The van der Waals surface area contributed by atoms with Gasteiger partial charge in [0.05, 0.1) is 25.3 Å². The van der Waals surface area contributed by atoms with E-state index in [1.54, 1.807) is 40.0 Å². The molecule has 0 aliphatic rings. The Balaban J connectivity index is 1.83. The quantitative estimate of drug-likeness (QED) is 0.419. The lowest BCUT2D eigenvalue weighted by Crippen LogP contribution is -2.34. The minimum Gasteiger partial charge on any atom is -0.487 e. The molecule has 0 saturated carbocycles. The Bertz CT molecular complexity index is 828.